The zero-order valence-electron chi connectivity index (χ0n) is 10.3. The molecule has 1 aliphatic carbocycles. The average Bonchev–Trinajstić information content (AvgIpc) is 3.05. The van der Waals surface area contributed by atoms with Crippen molar-refractivity contribution < 1.29 is 5.11 Å². The standard InChI is InChI=1S/C13H20N2OS/c1-10-8-15(9-12-14-5-7-17-12)6-4-13(10,16)11-2-3-11/h5,7,10-11,16H,2-4,6,8-9H2,1H3/t10-,13+/m1/s1. The number of piperidine rings is 1. The lowest BCUT2D eigenvalue weighted by molar-refractivity contribution is -0.0832. The van der Waals surface area contributed by atoms with Crippen LogP contribution in [0.1, 0.15) is 31.2 Å². The first-order valence-corrected chi connectivity index (χ1v) is 7.39. The van der Waals surface area contributed by atoms with Crippen molar-refractivity contribution in [2.75, 3.05) is 13.1 Å². The van der Waals surface area contributed by atoms with Gasteiger partial charge in [0.1, 0.15) is 5.01 Å². The molecule has 1 aromatic rings. The molecule has 0 spiro atoms. The van der Waals surface area contributed by atoms with Gasteiger partial charge in [0.2, 0.25) is 0 Å². The van der Waals surface area contributed by atoms with E-state index in [9.17, 15) is 5.11 Å². The lowest BCUT2D eigenvalue weighted by Crippen LogP contribution is -2.51. The van der Waals surface area contributed by atoms with Crippen LogP contribution in [-0.2, 0) is 6.54 Å². The van der Waals surface area contributed by atoms with Gasteiger partial charge in [0.05, 0.1) is 12.1 Å². The van der Waals surface area contributed by atoms with Crippen molar-refractivity contribution in [1.29, 1.82) is 0 Å². The summed E-state index contributed by atoms with van der Waals surface area (Å²) in [5.74, 6) is 0.975. The Morgan fingerprint density at radius 3 is 3.00 bits per heavy atom. The Morgan fingerprint density at radius 2 is 2.41 bits per heavy atom. The van der Waals surface area contributed by atoms with Crippen LogP contribution in [0.2, 0.25) is 0 Å². The SMILES string of the molecule is C[C@@H]1CN(Cc2nccs2)CC[C@@]1(O)C1CC1. The second-order valence-electron chi connectivity index (χ2n) is 5.58. The van der Waals surface area contributed by atoms with Crippen LogP contribution in [-0.4, -0.2) is 33.7 Å². The van der Waals surface area contributed by atoms with Gasteiger partial charge in [-0.3, -0.25) is 4.90 Å². The lowest BCUT2D eigenvalue weighted by atomic mass is 9.78. The number of rotatable bonds is 3. The first-order valence-electron chi connectivity index (χ1n) is 6.51. The number of nitrogens with zero attached hydrogens (tertiary/aromatic N) is 2. The molecule has 2 atom stereocenters. The summed E-state index contributed by atoms with van der Waals surface area (Å²) in [5, 5.41) is 13.9. The molecule has 3 nitrogen and oxygen atoms in total. The Labute approximate surface area is 106 Å². The van der Waals surface area contributed by atoms with Crippen molar-refractivity contribution in [2.45, 2.75) is 38.3 Å². The first kappa shape index (κ1) is 11.6. The zero-order chi connectivity index (χ0) is 11.9. The van der Waals surface area contributed by atoms with Gasteiger partial charge >= 0.3 is 0 Å². The molecule has 0 bridgehead atoms. The van der Waals surface area contributed by atoms with Crippen LogP contribution in [0.15, 0.2) is 11.6 Å². The topological polar surface area (TPSA) is 36.4 Å². The summed E-state index contributed by atoms with van der Waals surface area (Å²) in [4.78, 5) is 6.76. The van der Waals surface area contributed by atoms with Gasteiger partial charge in [0.15, 0.2) is 0 Å². The van der Waals surface area contributed by atoms with Gasteiger partial charge in [0.25, 0.3) is 0 Å². The van der Waals surface area contributed by atoms with E-state index < -0.39 is 0 Å². The van der Waals surface area contributed by atoms with Crippen molar-refractivity contribution in [1.82, 2.24) is 9.88 Å². The van der Waals surface area contributed by atoms with Crippen molar-refractivity contribution in [3.8, 4) is 0 Å². The fourth-order valence-corrected chi connectivity index (χ4v) is 3.73. The van der Waals surface area contributed by atoms with E-state index >= 15 is 0 Å². The maximum Gasteiger partial charge on any atom is 0.107 e. The van der Waals surface area contributed by atoms with Gasteiger partial charge in [-0.2, -0.15) is 0 Å². The summed E-state index contributed by atoms with van der Waals surface area (Å²) < 4.78 is 0. The fourth-order valence-electron chi connectivity index (χ4n) is 3.08. The van der Waals surface area contributed by atoms with E-state index in [0.717, 1.165) is 26.1 Å². The van der Waals surface area contributed by atoms with Crippen LogP contribution in [0.4, 0.5) is 0 Å². The Balaban J connectivity index is 1.61. The minimum Gasteiger partial charge on any atom is -0.389 e. The second-order valence-corrected chi connectivity index (χ2v) is 6.56. The van der Waals surface area contributed by atoms with E-state index in [1.807, 2.05) is 11.6 Å². The van der Waals surface area contributed by atoms with E-state index in [2.05, 4.69) is 16.8 Å². The number of hydrogen-bond acceptors (Lipinski definition) is 4. The van der Waals surface area contributed by atoms with Crippen LogP contribution >= 0.6 is 11.3 Å². The highest BCUT2D eigenvalue weighted by molar-refractivity contribution is 7.09. The Bertz CT molecular complexity index is 377. The monoisotopic (exact) mass is 252 g/mol. The molecule has 2 fully saturated rings. The smallest absolute Gasteiger partial charge is 0.107 e. The molecule has 1 aromatic heterocycles. The molecule has 0 aromatic carbocycles. The van der Waals surface area contributed by atoms with Crippen molar-refractivity contribution in [3.05, 3.63) is 16.6 Å². The third-order valence-electron chi connectivity index (χ3n) is 4.34. The molecule has 1 aliphatic heterocycles. The summed E-state index contributed by atoms with van der Waals surface area (Å²) in [7, 11) is 0. The van der Waals surface area contributed by atoms with Crippen LogP contribution < -0.4 is 0 Å². The fraction of sp³-hybridized carbons (Fsp3) is 0.769. The molecule has 0 amide bonds. The Kier molecular flexibility index (Phi) is 2.97. The minimum absolute atomic E-state index is 0.376. The molecule has 2 heterocycles. The lowest BCUT2D eigenvalue weighted by Gasteiger charge is -2.43. The maximum absolute atomic E-state index is 10.7. The molecule has 2 aliphatic rings. The van der Waals surface area contributed by atoms with Gasteiger partial charge in [-0.1, -0.05) is 6.92 Å². The second kappa shape index (κ2) is 4.34. The van der Waals surface area contributed by atoms with Crippen LogP contribution in [0.3, 0.4) is 0 Å². The third-order valence-corrected chi connectivity index (χ3v) is 5.10. The molecule has 4 heteroatoms. The summed E-state index contributed by atoms with van der Waals surface area (Å²) >= 11 is 1.72. The molecule has 1 saturated carbocycles. The van der Waals surface area contributed by atoms with Crippen LogP contribution in [0.25, 0.3) is 0 Å². The predicted octanol–water partition coefficient (Wildman–Crippen LogP) is 2.13. The van der Waals surface area contributed by atoms with Crippen molar-refractivity contribution in [3.63, 3.8) is 0 Å². The average molecular weight is 252 g/mol. The largest absolute Gasteiger partial charge is 0.389 e. The van der Waals surface area contributed by atoms with E-state index in [1.165, 1.54) is 17.8 Å². The minimum atomic E-state index is -0.376. The number of aliphatic hydroxyl groups is 1. The van der Waals surface area contributed by atoms with E-state index in [0.29, 0.717) is 11.8 Å². The molecule has 94 valence electrons. The van der Waals surface area contributed by atoms with Gasteiger partial charge in [0, 0.05) is 24.7 Å². The van der Waals surface area contributed by atoms with Crippen molar-refractivity contribution >= 4 is 11.3 Å². The summed E-state index contributed by atoms with van der Waals surface area (Å²) in [6.45, 7) is 5.17. The summed E-state index contributed by atoms with van der Waals surface area (Å²) in [5.41, 5.74) is -0.376. The van der Waals surface area contributed by atoms with Crippen LogP contribution in [0.5, 0.6) is 0 Å². The molecule has 0 unspecified atom stereocenters. The van der Waals surface area contributed by atoms with Crippen LogP contribution in [0, 0.1) is 11.8 Å². The molecule has 17 heavy (non-hydrogen) atoms. The number of likely N-dealkylation sites (tertiary alicyclic amines) is 1. The number of thiazole rings is 1. The van der Waals surface area contributed by atoms with Gasteiger partial charge in [-0.25, -0.2) is 4.98 Å². The summed E-state index contributed by atoms with van der Waals surface area (Å²) in [6, 6.07) is 0. The molecule has 3 rings (SSSR count). The third kappa shape index (κ3) is 2.26. The van der Waals surface area contributed by atoms with E-state index in [1.54, 1.807) is 11.3 Å². The molecular formula is C13H20N2OS. The molecular weight excluding hydrogens is 232 g/mol. The molecule has 1 N–H and O–H groups in total. The van der Waals surface area contributed by atoms with Crippen molar-refractivity contribution in [2.24, 2.45) is 11.8 Å². The molecule has 1 saturated heterocycles. The quantitative estimate of drug-likeness (QED) is 0.895. The highest BCUT2D eigenvalue weighted by Crippen LogP contribution is 2.47. The van der Waals surface area contributed by atoms with E-state index in [4.69, 9.17) is 0 Å². The zero-order valence-corrected chi connectivity index (χ0v) is 11.1. The Morgan fingerprint density at radius 1 is 1.59 bits per heavy atom. The number of aromatic nitrogens is 1. The van der Waals surface area contributed by atoms with Gasteiger partial charge < -0.3 is 5.11 Å². The Hall–Kier alpha value is -0.450. The normalized spacial score (nSPS) is 35.1. The predicted molar refractivity (Wildman–Crippen MR) is 68.8 cm³/mol. The highest BCUT2D eigenvalue weighted by atomic mass is 32.1. The number of hydrogen-bond donors (Lipinski definition) is 1. The molecule has 0 radical (unpaired) electrons. The highest BCUT2D eigenvalue weighted by Gasteiger charge is 2.49. The maximum atomic E-state index is 10.7. The first-order chi connectivity index (χ1) is 8.18. The van der Waals surface area contributed by atoms with Gasteiger partial charge in [-0.05, 0) is 31.1 Å². The summed E-state index contributed by atoms with van der Waals surface area (Å²) in [6.07, 6.45) is 5.26. The van der Waals surface area contributed by atoms with E-state index in [-0.39, 0.29) is 5.60 Å². The van der Waals surface area contributed by atoms with Gasteiger partial charge in [-0.15, -0.1) is 11.3 Å².